The van der Waals surface area contributed by atoms with Crippen LogP contribution in [0.3, 0.4) is 0 Å². The fourth-order valence-electron chi connectivity index (χ4n) is 2.76. The number of hydrogen-bond donors (Lipinski definition) is 2. The van der Waals surface area contributed by atoms with Crippen molar-refractivity contribution in [1.82, 2.24) is 5.32 Å². The number of halogens is 1. The van der Waals surface area contributed by atoms with E-state index in [9.17, 15) is 5.11 Å². The third kappa shape index (κ3) is 5.23. The van der Waals surface area contributed by atoms with Gasteiger partial charge in [-0.05, 0) is 43.1 Å². The average Bonchev–Trinajstić information content (AvgIpc) is 2.60. The summed E-state index contributed by atoms with van der Waals surface area (Å²) in [7, 11) is 0. The van der Waals surface area contributed by atoms with Crippen LogP contribution in [0.2, 0.25) is 5.02 Å². The Morgan fingerprint density at radius 1 is 1.17 bits per heavy atom. The fourth-order valence-corrected chi connectivity index (χ4v) is 3.10. The van der Waals surface area contributed by atoms with Crippen molar-refractivity contribution in [3.8, 4) is 0 Å². The van der Waals surface area contributed by atoms with Gasteiger partial charge in [-0.25, -0.2) is 0 Å². The lowest BCUT2D eigenvalue weighted by atomic mass is 10.1. The van der Waals surface area contributed by atoms with Crippen LogP contribution in [-0.4, -0.2) is 24.8 Å². The van der Waals surface area contributed by atoms with Crippen LogP contribution in [0.15, 0.2) is 48.5 Å². The maximum atomic E-state index is 9.40. The monoisotopic (exact) mass is 346 g/mol. The van der Waals surface area contributed by atoms with Gasteiger partial charge in [0.2, 0.25) is 0 Å². The zero-order chi connectivity index (χ0) is 17.4. The molecule has 0 radical (unpaired) electrons. The SMILES string of the molecule is CCCNC(C)c1ccc(N(CCO)Cc2ccccc2)cc1Cl. The van der Waals surface area contributed by atoms with Crippen LogP contribution < -0.4 is 10.2 Å². The van der Waals surface area contributed by atoms with Crippen LogP contribution in [0.1, 0.15) is 37.4 Å². The molecular weight excluding hydrogens is 320 g/mol. The quantitative estimate of drug-likeness (QED) is 0.706. The van der Waals surface area contributed by atoms with Crippen molar-refractivity contribution in [2.45, 2.75) is 32.9 Å². The minimum absolute atomic E-state index is 0.112. The van der Waals surface area contributed by atoms with Crippen molar-refractivity contribution >= 4 is 17.3 Å². The number of hydrogen-bond acceptors (Lipinski definition) is 3. The molecule has 2 rings (SSSR count). The van der Waals surface area contributed by atoms with Crippen molar-refractivity contribution < 1.29 is 5.11 Å². The lowest BCUT2D eigenvalue weighted by Crippen LogP contribution is -2.26. The van der Waals surface area contributed by atoms with Gasteiger partial charge in [-0.15, -0.1) is 0 Å². The fraction of sp³-hybridized carbons (Fsp3) is 0.400. The van der Waals surface area contributed by atoms with E-state index in [-0.39, 0.29) is 12.6 Å². The molecule has 0 amide bonds. The summed E-state index contributed by atoms with van der Waals surface area (Å²) in [6.07, 6.45) is 1.10. The topological polar surface area (TPSA) is 35.5 Å². The molecule has 0 aromatic heterocycles. The molecule has 0 aliphatic carbocycles. The molecule has 24 heavy (non-hydrogen) atoms. The maximum Gasteiger partial charge on any atom is 0.0606 e. The van der Waals surface area contributed by atoms with E-state index < -0.39 is 0 Å². The number of anilines is 1. The summed E-state index contributed by atoms with van der Waals surface area (Å²) in [6.45, 7) is 6.70. The number of benzene rings is 2. The summed E-state index contributed by atoms with van der Waals surface area (Å²) in [5.74, 6) is 0. The molecule has 0 spiro atoms. The van der Waals surface area contributed by atoms with Gasteiger partial charge in [-0.1, -0.05) is 54.9 Å². The Kier molecular flexibility index (Phi) is 7.57. The molecule has 2 N–H and O–H groups in total. The predicted molar refractivity (Wildman–Crippen MR) is 103 cm³/mol. The number of nitrogens with one attached hydrogen (secondary N) is 1. The first-order chi connectivity index (χ1) is 11.7. The first-order valence-corrected chi connectivity index (χ1v) is 8.96. The molecule has 3 nitrogen and oxygen atoms in total. The molecule has 130 valence electrons. The standard InChI is InChI=1S/C20H27ClN2O/c1-3-11-22-16(2)19-10-9-18(14-20(19)21)23(12-13-24)15-17-7-5-4-6-8-17/h4-10,14,16,22,24H,3,11-13,15H2,1-2H3. The first-order valence-electron chi connectivity index (χ1n) is 8.58. The normalized spacial score (nSPS) is 12.2. The molecule has 2 aromatic carbocycles. The van der Waals surface area contributed by atoms with Gasteiger partial charge in [0, 0.05) is 29.8 Å². The van der Waals surface area contributed by atoms with Crippen LogP contribution in [-0.2, 0) is 6.54 Å². The summed E-state index contributed by atoms with van der Waals surface area (Å²) in [6, 6.07) is 16.7. The van der Waals surface area contributed by atoms with Crippen molar-refractivity contribution in [1.29, 1.82) is 0 Å². The number of nitrogens with zero attached hydrogens (tertiary/aromatic N) is 1. The molecule has 0 aliphatic heterocycles. The highest BCUT2D eigenvalue weighted by molar-refractivity contribution is 6.31. The van der Waals surface area contributed by atoms with E-state index in [0.29, 0.717) is 6.54 Å². The van der Waals surface area contributed by atoms with Crippen LogP contribution in [0, 0.1) is 0 Å². The summed E-state index contributed by atoms with van der Waals surface area (Å²) >= 11 is 6.52. The molecule has 0 fully saturated rings. The molecule has 2 aromatic rings. The number of rotatable bonds is 9. The van der Waals surface area contributed by atoms with Crippen LogP contribution in [0.4, 0.5) is 5.69 Å². The van der Waals surface area contributed by atoms with Crippen molar-refractivity contribution in [3.63, 3.8) is 0 Å². The Morgan fingerprint density at radius 3 is 2.54 bits per heavy atom. The number of aliphatic hydroxyl groups excluding tert-OH is 1. The third-order valence-corrected chi connectivity index (χ3v) is 4.43. The van der Waals surface area contributed by atoms with E-state index >= 15 is 0 Å². The Bertz CT molecular complexity index is 618. The lowest BCUT2D eigenvalue weighted by Gasteiger charge is -2.25. The van der Waals surface area contributed by atoms with E-state index in [0.717, 1.165) is 35.8 Å². The zero-order valence-corrected chi connectivity index (χ0v) is 15.3. The molecule has 1 unspecified atom stereocenters. The second-order valence-electron chi connectivity index (χ2n) is 6.01. The minimum atomic E-state index is 0.112. The van der Waals surface area contributed by atoms with Crippen LogP contribution in [0.25, 0.3) is 0 Å². The third-order valence-electron chi connectivity index (χ3n) is 4.10. The van der Waals surface area contributed by atoms with E-state index in [1.165, 1.54) is 5.56 Å². The summed E-state index contributed by atoms with van der Waals surface area (Å²) < 4.78 is 0. The summed E-state index contributed by atoms with van der Waals surface area (Å²) in [5.41, 5.74) is 3.35. The minimum Gasteiger partial charge on any atom is -0.395 e. The van der Waals surface area contributed by atoms with E-state index in [1.807, 2.05) is 24.3 Å². The van der Waals surface area contributed by atoms with Crippen LogP contribution >= 0.6 is 11.6 Å². The second kappa shape index (κ2) is 9.67. The van der Waals surface area contributed by atoms with Gasteiger partial charge in [0.25, 0.3) is 0 Å². The molecule has 0 saturated carbocycles. The molecular formula is C20H27ClN2O. The molecule has 1 atom stereocenters. The van der Waals surface area contributed by atoms with E-state index in [2.05, 4.69) is 48.3 Å². The maximum absolute atomic E-state index is 9.40. The molecule has 0 bridgehead atoms. The van der Waals surface area contributed by atoms with Crippen molar-refractivity contribution in [3.05, 3.63) is 64.7 Å². The molecule has 0 saturated heterocycles. The first kappa shape index (κ1) is 18.8. The van der Waals surface area contributed by atoms with Crippen molar-refractivity contribution in [2.75, 3.05) is 24.6 Å². The van der Waals surface area contributed by atoms with E-state index in [1.54, 1.807) is 0 Å². The van der Waals surface area contributed by atoms with Crippen molar-refractivity contribution in [2.24, 2.45) is 0 Å². The highest BCUT2D eigenvalue weighted by atomic mass is 35.5. The van der Waals surface area contributed by atoms with Gasteiger partial charge in [0.05, 0.1) is 6.61 Å². The molecule has 4 heteroatoms. The Morgan fingerprint density at radius 2 is 1.92 bits per heavy atom. The highest BCUT2D eigenvalue weighted by Crippen LogP contribution is 2.28. The Labute approximate surface area is 150 Å². The Hall–Kier alpha value is -1.55. The number of aliphatic hydroxyl groups is 1. The average molecular weight is 347 g/mol. The smallest absolute Gasteiger partial charge is 0.0606 e. The van der Waals surface area contributed by atoms with Gasteiger partial charge in [-0.2, -0.15) is 0 Å². The van der Waals surface area contributed by atoms with Gasteiger partial charge in [0.1, 0.15) is 0 Å². The molecule has 0 heterocycles. The van der Waals surface area contributed by atoms with Gasteiger partial charge in [0.15, 0.2) is 0 Å². The largest absolute Gasteiger partial charge is 0.395 e. The predicted octanol–water partition coefficient (Wildman–Crippen LogP) is 4.40. The lowest BCUT2D eigenvalue weighted by molar-refractivity contribution is 0.301. The molecule has 0 aliphatic rings. The highest BCUT2D eigenvalue weighted by Gasteiger charge is 2.13. The van der Waals surface area contributed by atoms with Crippen LogP contribution in [0.5, 0.6) is 0 Å². The van der Waals surface area contributed by atoms with Gasteiger partial charge in [-0.3, -0.25) is 0 Å². The van der Waals surface area contributed by atoms with Gasteiger partial charge < -0.3 is 15.3 Å². The van der Waals surface area contributed by atoms with E-state index in [4.69, 9.17) is 11.6 Å². The van der Waals surface area contributed by atoms with Gasteiger partial charge >= 0.3 is 0 Å². The second-order valence-corrected chi connectivity index (χ2v) is 6.42. The zero-order valence-electron chi connectivity index (χ0n) is 14.5. The summed E-state index contributed by atoms with van der Waals surface area (Å²) in [4.78, 5) is 2.15. The summed E-state index contributed by atoms with van der Waals surface area (Å²) in [5, 5.41) is 13.6. The Balaban J connectivity index is 2.17.